The van der Waals surface area contributed by atoms with Gasteiger partial charge in [-0.05, 0) is 25.8 Å². The van der Waals surface area contributed by atoms with Crippen molar-refractivity contribution in [2.24, 2.45) is 0 Å². The number of nitrogens with zero attached hydrogens (tertiary/aromatic N) is 3. The number of halogens is 3. The molecular weight excluding hydrogens is 469 g/mol. The summed E-state index contributed by atoms with van der Waals surface area (Å²) in [5.41, 5.74) is 0.207. The van der Waals surface area contributed by atoms with Crippen molar-refractivity contribution in [1.29, 1.82) is 0 Å². The number of hydrogen-bond donors (Lipinski definition) is 1. The lowest BCUT2D eigenvalue weighted by molar-refractivity contribution is 0.146. The van der Waals surface area contributed by atoms with Gasteiger partial charge in [0.15, 0.2) is 0 Å². The van der Waals surface area contributed by atoms with Crippen LogP contribution in [0, 0.1) is 5.82 Å². The molecule has 1 saturated heterocycles. The topological polar surface area (TPSA) is 84.3 Å². The van der Waals surface area contributed by atoms with Crippen LogP contribution in [0.25, 0.3) is 10.9 Å². The Hall–Kier alpha value is -2.92. The third kappa shape index (κ3) is 4.80. The zero-order valence-electron chi connectivity index (χ0n) is 18.7. The summed E-state index contributed by atoms with van der Waals surface area (Å²) in [4.78, 5) is 17.0. The van der Waals surface area contributed by atoms with Gasteiger partial charge in [0.2, 0.25) is 10.0 Å². The Morgan fingerprint density at radius 2 is 1.82 bits per heavy atom. The van der Waals surface area contributed by atoms with Crippen molar-refractivity contribution >= 4 is 26.6 Å². The molecule has 0 aliphatic carbocycles. The van der Waals surface area contributed by atoms with E-state index in [1.165, 1.54) is 35.0 Å². The average Bonchev–Trinajstić information content (AvgIpc) is 2.78. The van der Waals surface area contributed by atoms with E-state index in [1.54, 1.807) is 23.8 Å². The number of aromatic nitrogens is 2. The second-order valence-corrected chi connectivity index (χ2v) is 10.5. The van der Waals surface area contributed by atoms with Crippen LogP contribution in [0.2, 0.25) is 0 Å². The van der Waals surface area contributed by atoms with Crippen LogP contribution >= 0.6 is 0 Å². The van der Waals surface area contributed by atoms with Gasteiger partial charge in [0, 0.05) is 54.2 Å². The van der Waals surface area contributed by atoms with E-state index in [1.807, 2.05) is 0 Å². The Morgan fingerprint density at radius 1 is 1.15 bits per heavy atom. The Morgan fingerprint density at radius 3 is 2.47 bits per heavy atom. The molecule has 0 spiro atoms. The molecule has 0 bridgehead atoms. The van der Waals surface area contributed by atoms with Crippen molar-refractivity contribution in [3.63, 3.8) is 0 Å². The summed E-state index contributed by atoms with van der Waals surface area (Å²) < 4.78 is 67.4. The number of rotatable bonds is 6. The van der Waals surface area contributed by atoms with E-state index >= 15 is 0 Å². The summed E-state index contributed by atoms with van der Waals surface area (Å²) in [5.74, 6) is -0.953. The Labute approximate surface area is 195 Å². The molecule has 1 atom stereocenters. The first-order valence-corrected chi connectivity index (χ1v) is 12.7. The Kier molecular flexibility index (Phi) is 6.68. The molecule has 1 N–H and O–H groups in total. The van der Waals surface area contributed by atoms with Gasteiger partial charge in [-0.25, -0.2) is 25.9 Å². The second-order valence-electron chi connectivity index (χ2n) is 8.49. The van der Waals surface area contributed by atoms with E-state index in [-0.39, 0.29) is 17.2 Å². The van der Waals surface area contributed by atoms with E-state index in [0.717, 1.165) is 6.07 Å². The lowest BCUT2D eigenvalue weighted by atomic mass is 10.0. The summed E-state index contributed by atoms with van der Waals surface area (Å²) in [5, 5.41) is 3.77. The lowest BCUT2D eigenvalue weighted by Crippen LogP contribution is -2.40. The van der Waals surface area contributed by atoms with Gasteiger partial charge in [-0.15, -0.1) is 0 Å². The predicted octanol–water partition coefficient (Wildman–Crippen LogP) is 4.24. The highest BCUT2D eigenvalue weighted by molar-refractivity contribution is 7.88. The summed E-state index contributed by atoms with van der Waals surface area (Å²) in [7, 11) is -3.29. The van der Waals surface area contributed by atoms with Gasteiger partial charge in [0.25, 0.3) is 12.0 Å². The van der Waals surface area contributed by atoms with Gasteiger partial charge in [-0.1, -0.05) is 18.2 Å². The normalized spacial score (nSPS) is 16.8. The van der Waals surface area contributed by atoms with Gasteiger partial charge in [-0.2, -0.15) is 0 Å². The molecule has 4 rings (SSSR count). The molecule has 1 aromatic carbocycles. The molecule has 0 saturated carbocycles. The highest BCUT2D eigenvalue weighted by Gasteiger charge is 2.27. The van der Waals surface area contributed by atoms with Gasteiger partial charge in [0.05, 0.1) is 23.4 Å². The fourth-order valence-electron chi connectivity index (χ4n) is 4.38. The number of anilines is 1. The number of alkyl halides is 2. The van der Waals surface area contributed by atoms with Crippen LogP contribution in [-0.2, 0) is 10.0 Å². The second kappa shape index (κ2) is 9.38. The number of fused-ring (bicyclic) bond motifs is 1. The maximum Gasteiger partial charge on any atom is 0.266 e. The first kappa shape index (κ1) is 24.2. The molecule has 1 aliphatic heterocycles. The monoisotopic (exact) mass is 494 g/mol. The van der Waals surface area contributed by atoms with Crippen LogP contribution in [0.5, 0.6) is 0 Å². The molecule has 1 aliphatic rings. The van der Waals surface area contributed by atoms with Crippen molar-refractivity contribution in [3.8, 4) is 0 Å². The quantitative estimate of drug-likeness (QED) is 0.554. The molecule has 0 unspecified atom stereocenters. The summed E-state index contributed by atoms with van der Waals surface area (Å²) in [6.45, 7) is 2.31. The van der Waals surface area contributed by atoms with E-state index < -0.39 is 33.9 Å². The first-order valence-electron chi connectivity index (χ1n) is 10.8. The summed E-state index contributed by atoms with van der Waals surface area (Å²) in [6, 6.07) is 6.17. The molecule has 0 amide bonds. The standard InChI is InChI=1S/C23H25F3N4O3S/c1-14(16-4-3-5-17(22(16)24)23(25)26)28-19-6-9-27-20-12-21(31)30(13-18(19)20)15-7-10-29(11-8-15)34(2,32)33/h3-6,9,12-15,23,28H,7-8,10-11H2,1-2H3/t14-/m1/s1. The molecule has 0 radical (unpaired) electrons. The zero-order valence-corrected chi connectivity index (χ0v) is 19.5. The van der Waals surface area contributed by atoms with E-state index in [4.69, 9.17) is 0 Å². The minimum absolute atomic E-state index is 0.101. The number of benzene rings is 1. The molecule has 7 nitrogen and oxygen atoms in total. The average molecular weight is 495 g/mol. The van der Waals surface area contributed by atoms with E-state index in [0.29, 0.717) is 42.5 Å². The van der Waals surface area contributed by atoms with E-state index in [9.17, 15) is 26.4 Å². The van der Waals surface area contributed by atoms with Crippen molar-refractivity contribution in [1.82, 2.24) is 13.9 Å². The van der Waals surface area contributed by atoms with Crippen molar-refractivity contribution in [2.75, 3.05) is 24.7 Å². The fraction of sp³-hybridized carbons (Fsp3) is 0.391. The molecular formula is C23H25F3N4O3S. The lowest BCUT2D eigenvalue weighted by Gasteiger charge is -2.31. The minimum atomic E-state index is -3.29. The summed E-state index contributed by atoms with van der Waals surface area (Å²) >= 11 is 0. The third-order valence-electron chi connectivity index (χ3n) is 6.22. The first-order chi connectivity index (χ1) is 16.1. The van der Waals surface area contributed by atoms with Gasteiger partial charge in [0.1, 0.15) is 5.82 Å². The predicted molar refractivity (Wildman–Crippen MR) is 124 cm³/mol. The van der Waals surface area contributed by atoms with Gasteiger partial charge in [-0.3, -0.25) is 9.78 Å². The number of piperidine rings is 1. The molecule has 3 aromatic rings. The molecule has 11 heteroatoms. The molecule has 182 valence electrons. The number of hydrogen-bond acceptors (Lipinski definition) is 5. The highest BCUT2D eigenvalue weighted by atomic mass is 32.2. The molecule has 1 fully saturated rings. The van der Waals surface area contributed by atoms with Gasteiger partial charge >= 0.3 is 0 Å². The van der Waals surface area contributed by atoms with Crippen molar-refractivity contribution in [2.45, 2.75) is 38.3 Å². The van der Waals surface area contributed by atoms with Crippen LogP contribution in [0.4, 0.5) is 18.9 Å². The molecule has 3 heterocycles. The van der Waals surface area contributed by atoms with Crippen LogP contribution in [0.3, 0.4) is 0 Å². The van der Waals surface area contributed by atoms with Crippen LogP contribution in [-0.4, -0.2) is 41.6 Å². The Balaban J connectivity index is 1.65. The molecule has 2 aromatic heterocycles. The zero-order chi connectivity index (χ0) is 24.6. The SMILES string of the molecule is C[C@@H](Nc1ccnc2cc(=O)n(C3CCN(S(C)(=O)=O)CC3)cc12)c1cccc(C(F)F)c1F. The minimum Gasteiger partial charge on any atom is -0.378 e. The van der Waals surface area contributed by atoms with Crippen molar-refractivity contribution in [3.05, 3.63) is 70.0 Å². The summed E-state index contributed by atoms with van der Waals surface area (Å²) in [6.07, 6.45) is 2.41. The largest absolute Gasteiger partial charge is 0.378 e. The van der Waals surface area contributed by atoms with Crippen LogP contribution in [0.15, 0.2) is 47.5 Å². The maximum atomic E-state index is 14.6. The van der Waals surface area contributed by atoms with E-state index in [2.05, 4.69) is 10.3 Å². The maximum absolute atomic E-state index is 14.6. The smallest absolute Gasteiger partial charge is 0.266 e. The van der Waals surface area contributed by atoms with Crippen molar-refractivity contribution < 1.29 is 21.6 Å². The number of pyridine rings is 2. The Bertz CT molecular complexity index is 1370. The fourth-order valence-corrected chi connectivity index (χ4v) is 5.25. The van der Waals surface area contributed by atoms with Crippen LogP contribution < -0.4 is 10.9 Å². The highest BCUT2D eigenvalue weighted by Crippen LogP contribution is 2.31. The number of nitrogens with one attached hydrogen (secondary N) is 1. The van der Waals surface area contributed by atoms with Crippen LogP contribution in [0.1, 0.15) is 49.4 Å². The van der Waals surface area contributed by atoms with Gasteiger partial charge < -0.3 is 9.88 Å². The number of sulfonamides is 1. The third-order valence-corrected chi connectivity index (χ3v) is 7.52. The molecule has 34 heavy (non-hydrogen) atoms.